The number of aromatic amines is 1. The van der Waals surface area contributed by atoms with Gasteiger partial charge in [-0.3, -0.25) is 9.59 Å². The number of hydrogen-bond donors (Lipinski definition) is 1. The standard InChI is InChI=1S/C18H19NO6/c1-9-5-15-17(18(21)19-9)11(7-16(20)25-15)10-6-13(23-3)14(24-4)8-12(10)22-2/h5-6,8,11H,7H2,1-4H3,(H,19,21)/t11-/m0/s1. The summed E-state index contributed by atoms with van der Waals surface area (Å²) in [5.74, 6) is 0.860. The summed E-state index contributed by atoms with van der Waals surface area (Å²) in [6, 6.07) is 5.05. The second kappa shape index (κ2) is 6.51. The van der Waals surface area contributed by atoms with E-state index in [2.05, 4.69) is 4.98 Å². The molecule has 1 aromatic heterocycles. The van der Waals surface area contributed by atoms with Crippen molar-refractivity contribution in [3.05, 3.63) is 45.4 Å². The molecule has 7 heteroatoms. The molecule has 132 valence electrons. The number of nitrogens with one attached hydrogen (secondary N) is 1. The molecule has 0 saturated heterocycles. The zero-order chi connectivity index (χ0) is 18.1. The molecule has 0 aliphatic carbocycles. The Hall–Kier alpha value is -2.96. The molecule has 3 rings (SSSR count). The molecule has 1 aliphatic heterocycles. The summed E-state index contributed by atoms with van der Waals surface area (Å²) >= 11 is 0. The van der Waals surface area contributed by atoms with Gasteiger partial charge in [0.25, 0.3) is 5.56 Å². The lowest BCUT2D eigenvalue weighted by atomic mass is 9.86. The van der Waals surface area contributed by atoms with Gasteiger partial charge in [0.15, 0.2) is 11.5 Å². The van der Waals surface area contributed by atoms with Gasteiger partial charge in [-0.25, -0.2) is 0 Å². The van der Waals surface area contributed by atoms with E-state index in [0.717, 1.165) is 0 Å². The SMILES string of the molecule is COc1cc(OC)c([C@@H]2CC(=O)Oc3cc(C)[nH]c(=O)c32)cc1OC. The fourth-order valence-corrected chi connectivity index (χ4v) is 3.11. The number of methoxy groups -OCH3 is 3. The summed E-state index contributed by atoms with van der Waals surface area (Å²) < 4.78 is 21.4. The van der Waals surface area contributed by atoms with E-state index in [1.54, 1.807) is 25.1 Å². The van der Waals surface area contributed by atoms with Crippen molar-refractivity contribution in [1.82, 2.24) is 4.98 Å². The topological polar surface area (TPSA) is 86.9 Å². The molecule has 1 aromatic carbocycles. The normalized spacial score (nSPS) is 16.0. The number of carbonyl (C=O) groups is 1. The first-order valence-corrected chi connectivity index (χ1v) is 7.72. The number of rotatable bonds is 4. The molecule has 1 N–H and O–H groups in total. The molecule has 7 nitrogen and oxygen atoms in total. The molecule has 1 aliphatic rings. The van der Waals surface area contributed by atoms with Crippen LogP contribution in [0, 0.1) is 6.92 Å². The van der Waals surface area contributed by atoms with E-state index in [4.69, 9.17) is 18.9 Å². The second-order valence-corrected chi connectivity index (χ2v) is 5.74. The minimum absolute atomic E-state index is 0.0327. The van der Waals surface area contributed by atoms with Gasteiger partial charge in [0, 0.05) is 29.3 Å². The Bertz CT molecular complexity index is 886. The molecule has 2 aromatic rings. The van der Waals surface area contributed by atoms with Crippen LogP contribution in [0.4, 0.5) is 0 Å². The van der Waals surface area contributed by atoms with Crippen LogP contribution >= 0.6 is 0 Å². The van der Waals surface area contributed by atoms with Crippen LogP contribution in [0.1, 0.15) is 29.2 Å². The van der Waals surface area contributed by atoms with Crippen LogP contribution in [0.5, 0.6) is 23.0 Å². The van der Waals surface area contributed by atoms with Gasteiger partial charge < -0.3 is 23.9 Å². The monoisotopic (exact) mass is 345 g/mol. The summed E-state index contributed by atoms with van der Waals surface area (Å²) in [4.78, 5) is 27.3. The lowest BCUT2D eigenvalue weighted by molar-refractivity contribution is -0.135. The van der Waals surface area contributed by atoms with Crippen LogP contribution in [0.2, 0.25) is 0 Å². The van der Waals surface area contributed by atoms with E-state index in [1.807, 2.05) is 0 Å². The quantitative estimate of drug-likeness (QED) is 0.855. The number of aromatic nitrogens is 1. The first-order valence-electron chi connectivity index (χ1n) is 7.72. The Morgan fingerprint density at radius 2 is 1.64 bits per heavy atom. The summed E-state index contributed by atoms with van der Waals surface area (Å²) in [5, 5.41) is 0. The molecule has 2 heterocycles. The van der Waals surface area contributed by atoms with Crippen molar-refractivity contribution in [1.29, 1.82) is 0 Å². The Morgan fingerprint density at radius 3 is 2.28 bits per heavy atom. The van der Waals surface area contributed by atoms with Crippen molar-refractivity contribution < 1.29 is 23.7 Å². The predicted octanol–water partition coefficient (Wildman–Crippen LogP) is 2.15. The van der Waals surface area contributed by atoms with Crippen LogP contribution in [0.25, 0.3) is 0 Å². The zero-order valence-corrected chi connectivity index (χ0v) is 14.5. The lowest BCUT2D eigenvalue weighted by Gasteiger charge is -2.26. The third-order valence-electron chi connectivity index (χ3n) is 4.22. The Kier molecular flexibility index (Phi) is 4.39. The van der Waals surface area contributed by atoms with E-state index < -0.39 is 11.9 Å². The van der Waals surface area contributed by atoms with Crippen LogP contribution in [0.15, 0.2) is 23.0 Å². The van der Waals surface area contributed by atoms with Crippen molar-refractivity contribution in [2.45, 2.75) is 19.3 Å². The minimum atomic E-state index is -0.504. The summed E-state index contributed by atoms with van der Waals surface area (Å²) in [6.07, 6.45) is 0.0327. The highest BCUT2D eigenvalue weighted by Crippen LogP contribution is 2.44. The molecule has 0 saturated carbocycles. The van der Waals surface area contributed by atoms with E-state index >= 15 is 0 Å². The Morgan fingerprint density at radius 1 is 1.00 bits per heavy atom. The van der Waals surface area contributed by atoms with E-state index in [1.165, 1.54) is 21.3 Å². The first-order chi connectivity index (χ1) is 12.0. The van der Waals surface area contributed by atoms with Gasteiger partial charge in [0.1, 0.15) is 11.5 Å². The highest BCUT2D eigenvalue weighted by atomic mass is 16.5. The Labute approximate surface area is 144 Å². The number of fused-ring (bicyclic) bond motifs is 1. The summed E-state index contributed by atoms with van der Waals surface area (Å²) in [5.41, 5.74) is 1.39. The number of aryl methyl sites for hydroxylation is 1. The van der Waals surface area contributed by atoms with E-state index in [-0.39, 0.29) is 17.7 Å². The number of carbonyl (C=O) groups excluding carboxylic acids is 1. The van der Waals surface area contributed by atoms with Crippen molar-refractivity contribution in [2.24, 2.45) is 0 Å². The highest BCUT2D eigenvalue weighted by Gasteiger charge is 2.34. The number of H-pyrrole nitrogens is 1. The first kappa shape index (κ1) is 16.9. The van der Waals surface area contributed by atoms with Crippen molar-refractivity contribution >= 4 is 5.97 Å². The molecule has 0 amide bonds. The third-order valence-corrected chi connectivity index (χ3v) is 4.22. The van der Waals surface area contributed by atoms with Crippen LogP contribution in [0.3, 0.4) is 0 Å². The largest absolute Gasteiger partial charge is 0.496 e. The molecule has 1 atom stereocenters. The molecule has 0 fully saturated rings. The van der Waals surface area contributed by atoms with Crippen molar-refractivity contribution in [3.8, 4) is 23.0 Å². The number of esters is 1. The molecule has 25 heavy (non-hydrogen) atoms. The number of pyridine rings is 1. The number of benzene rings is 1. The van der Waals surface area contributed by atoms with Crippen molar-refractivity contribution in [3.63, 3.8) is 0 Å². The van der Waals surface area contributed by atoms with Gasteiger partial charge in [-0.05, 0) is 13.0 Å². The van der Waals surface area contributed by atoms with Gasteiger partial charge in [-0.1, -0.05) is 0 Å². The third kappa shape index (κ3) is 2.93. The molecule has 0 bridgehead atoms. The van der Waals surface area contributed by atoms with E-state index in [9.17, 15) is 9.59 Å². The Balaban J connectivity index is 2.24. The van der Waals surface area contributed by atoms with E-state index in [0.29, 0.717) is 34.1 Å². The second-order valence-electron chi connectivity index (χ2n) is 5.74. The van der Waals surface area contributed by atoms with Gasteiger partial charge in [-0.2, -0.15) is 0 Å². The maximum absolute atomic E-state index is 12.5. The van der Waals surface area contributed by atoms with Gasteiger partial charge in [-0.15, -0.1) is 0 Å². The predicted molar refractivity (Wildman–Crippen MR) is 90.0 cm³/mol. The number of ether oxygens (including phenoxy) is 4. The average molecular weight is 345 g/mol. The van der Waals surface area contributed by atoms with Gasteiger partial charge >= 0.3 is 5.97 Å². The smallest absolute Gasteiger partial charge is 0.312 e. The zero-order valence-electron chi connectivity index (χ0n) is 14.5. The molecule has 0 spiro atoms. The minimum Gasteiger partial charge on any atom is -0.496 e. The fourth-order valence-electron chi connectivity index (χ4n) is 3.11. The van der Waals surface area contributed by atoms with Crippen LogP contribution in [-0.4, -0.2) is 32.3 Å². The molecule has 0 radical (unpaired) electrons. The van der Waals surface area contributed by atoms with Crippen molar-refractivity contribution in [2.75, 3.05) is 21.3 Å². The summed E-state index contributed by atoms with van der Waals surface area (Å²) in [6.45, 7) is 1.73. The average Bonchev–Trinajstić information content (AvgIpc) is 2.58. The fraction of sp³-hybridized carbons (Fsp3) is 0.333. The maximum Gasteiger partial charge on any atom is 0.312 e. The molecular weight excluding hydrogens is 326 g/mol. The highest BCUT2D eigenvalue weighted by molar-refractivity contribution is 5.78. The van der Waals surface area contributed by atoms with Gasteiger partial charge in [0.2, 0.25) is 0 Å². The molecule has 0 unspecified atom stereocenters. The van der Waals surface area contributed by atoms with Crippen LogP contribution in [-0.2, 0) is 4.79 Å². The van der Waals surface area contributed by atoms with Gasteiger partial charge in [0.05, 0.1) is 33.3 Å². The summed E-state index contributed by atoms with van der Waals surface area (Å²) in [7, 11) is 4.57. The number of hydrogen-bond acceptors (Lipinski definition) is 6. The maximum atomic E-state index is 12.5. The van der Waals surface area contributed by atoms with Crippen LogP contribution < -0.4 is 24.5 Å². The lowest BCUT2D eigenvalue weighted by Crippen LogP contribution is -2.28. The molecular formula is C18H19NO6.